The van der Waals surface area contributed by atoms with Crippen molar-refractivity contribution in [3.8, 4) is 11.5 Å². The van der Waals surface area contributed by atoms with Crippen LogP contribution >= 0.6 is 23.4 Å². The number of amidine groups is 1. The molecule has 0 N–H and O–H groups in total. The summed E-state index contributed by atoms with van der Waals surface area (Å²) < 4.78 is 15.8. The lowest BCUT2D eigenvalue weighted by Gasteiger charge is -2.14. The molecule has 0 radical (unpaired) electrons. The van der Waals surface area contributed by atoms with Crippen LogP contribution in [-0.2, 0) is 9.53 Å². The standard InChI is InChI=1S/C21H21ClN2O4S/c1-26-10-9-24-20(25)18(29-21(24)23-15-7-5-4-6-8-15)13-14-11-16(22)19(28-3)17(12-14)27-2/h4-8,11-13H,9-10H2,1-3H3/b18-13+,23-21?. The minimum atomic E-state index is -0.132. The quantitative estimate of drug-likeness (QED) is 0.598. The summed E-state index contributed by atoms with van der Waals surface area (Å²) in [6, 6.07) is 13.0. The van der Waals surface area contributed by atoms with Crippen LogP contribution in [0.4, 0.5) is 5.69 Å². The molecule has 1 aliphatic heterocycles. The molecule has 1 saturated heterocycles. The molecule has 2 aromatic rings. The number of ether oxygens (including phenoxy) is 3. The van der Waals surface area contributed by atoms with Gasteiger partial charge in [-0.1, -0.05) is 29.8 Å². The number of para-hydroxylation sites is 1. The molecule has 1 amide bonds. The molecule has 1 heterocycles. The van der Waals surface area contributed by atoms with Gasteiger partial charge in [-0.15, -0.1) is 0 Å². The third-order valence-corrected chi connectivity index (χ3v) is 5.43. The molecule has 29 heavy (non-hydrogen) atoms. The van der Waals surface area contributed by atoms with Gasteiger partial charge in [0.15, 0.2) is 16.7 Å². The topological polar surface area (TPSA) is 60.4 Å². The number of amides is 1. The van der Waals surface area contributed by atoms with Gasteiger partial charge in [0.05, 0.1) is 43.0 Å². The van der Waals surface area contributed by atoms with Gasteiger partial charge in [-0.2, -0.15) is 0 Å². The molecule has 152 valence electrons. The van der Waals surface area contributed by atoms with Gasteiger partial charge >= 0.3 is 0 Å². The average molecular weight is 433 g/mol. The van der Waals surface area contributed by atoms with E-state index in [1.165, 1.54) is 26.0 Å². The molecule has 1 fully saturated rings. The number of benzene rings is 2. The van der Waals surface area contributed by atoms with E-state index in [0.29, 0.717) is 39.7 Å². The lowest BCUT2D eigenvalue weighted by atomic mass is 10.2. The molecule has 0 saturated carbocycles. The summed E-state index contributed by atoms with van der Waals surface area (Å²) in [5, 5.41) is 1.01. The lowest BCUT2D eigenvalue weighted by Crippen LogP contribution is -2.32. The van der Waals surface area contributed by atoms with Crippen molar-refractivity contribution < 1.29 is 19.0 Å². The number of halogens is 1. The Kier molecular flexibility index (Phi) is 7.19. The average Bonchev–Trinajstić information content (AvgIpc) is 3.00. The fourth-order valence-electron chi connectivity index (χ4n) is 2.76. The van der Waals surface area contributed by atoms with Crippen LogP contribution in [-0.4, -0.2) is 50.5 Å². The summed E-state index contributed by atoms with van der Waals surface area (Å²) in [5.41, 5.74) is 1.51. The van der Waals surface area contributed by atoms with Gasteiger partial charge in [0.2, 0.25) is 0 Å². The number of methoxy groups -OCH3 is 3. The zero-order valence-corrected chi connectivity index (χ0v) is 17.9. The first-order valence-electron chi connectivity index (χ1n) is 8.83. The van der Waals surface area contributed by atoms with E-state index < -0.39 is 0 Å². The van der Waals surface area contributed by atoms with Crippen LogP contribution in [0.1, 0.15) is 5.56 Å². The van der Waals surface area contributed by atoms with Gasteiger partial charge in [-0.05, 0) is 47.7 Å². The summed E-state index contributed by atoms with van der Waals surface area (Å²) in [6.07, 6.45) is 1.77. The third-order valence-electron chi connectivity index (χ3n) is 4.14. The number of rotatable bonds is 7. The Labute approximate surface area is 179 Å². The highest BCUT2D eigenvalue weighted by atomic mass is 35.5. The first-order chi connectivity index (χ1) is 14.1. The van der Waals surface area contributed by atoms with Crippen molar-refractivity contribution in [1.29, 1.82) is 0 Å². The highest BCUT2D eigenvalue weighted by Crippen LogP contribution is 2.39. The normalized spacial score (nSPS) is 16.7. The second-order valence-corrected chi connectivity index (χ2v) is 7.44. The Morgan fingerprint density at radius 3 is 2.55 bits per heavy atom. The fourth-order valence-corrected chi connectivity index (χ4v) is 4.08. The van der Waals surface area contributed by atoms with E-state index >= 15 is 0 Å². The molecule has 0 unspecified atom stereocenters. The lowest BCUT2D eigenvalue weighted by molar-refractivity contribution is -0.122. The number of hydrogen-bond donors (Lipinski definition) is 0. The predicted molar refractivity (Wildman–Crippen MR) is 117 cm³/mol. The largest absolute Gasteiger partial charge is 0.493 e. The first-order valence-corrected chi connectivity index (χ1v) is 10.0. The highest BCUT2D eigenvalue weighted by Gasteiger charge is 2.33. The maximum Gasteiger partial charge on any atom is 0.266 e. The summed E-state index contributed by atoms with van der Waals surface area (Å²) in [4.78, 5) is 19.8. The van der Waals surface area contributed by atoms with E-state index in [2.05, 4.69) is 4.99 Å². The molecule has 2 aromatic carbocycles. The van der Waals surface area contributed by atoms with Crippen molar-refractivity contribution >= 4 is 46.2 Å². The molecule has 3 rings (SSSR count). The van der Waals surface area contributed by atoms with Crippen LogP contribution in [0.2, 0.25) is 5.02 Å². The van der Waals surface area contributed by atoms with E-state index in [1.807, 2.05) is 30.3 Å². The Morgan fingerprint density at radius 1 is 1.14 bits per heavy atom. The van der Waals surface area contributed by atoms with E-state index in [4.69, 9.17) is 25.8 Å². The van der Waals surface area contributed by atoms with Gasteiger partial charge in [0.1, 0.15) is 0 Å². The van der Waals surface area contributed by atoms with Crippen molar-refractivity contribution in [2.24, 2.45) is 4.99 Å². The van der Waals surface area contributed by atoms with Crippen molar-refractivity contribution in [3.05, 3.63) is 58.0 Å². The number of aliphatic imine (C=N–C) groups is 1. The fraction of sp³-hybridized carbons (Fsp3) is 0.238. The van der Waals surface area contributed by atoms with E-state index in [-0.39, 0.29) is 5.91 Å². The van der Waals surface area contributed by atoms with Crippen molar-refractivity contribution in [1.82, 2.24) is 4.90 Å². The van der Waals surface area contributed by atoms with E-state index in [1.54, 1.807) is 30.2 Å². The number of thioether (sulfide) groups is 1. The number of carbonyl (C=O) groups is 1. The van der Waals surface area contributed by atoms with E-state index in [9.17, 15) is 4.79 Å². The molecule has 0 aliphatic carbocycles. The van der Waals surface area contributed by atoms with Gasteiger partial charge in [0, 0.05) is 7.11 Å². The SMILES string of the molecule is COCCN1C(=O)/C(=C\c2cc(Cl)c(OC)c(OC)c2)SC1=Nc1ccccc1. The zero-order chi connectivity index (χ0) is 20.8. The molecule has 0 aromatic heterocycles. The molecule has 0 atom stereocenters. The minimum absolute atomic E-state index is 0.132. The van der Waals surface area contributed by atoms with Crippen LogP contribution in [0.15, 0.2) is 52.4 Å². The molecule has 6 nitrogen and oxygen atoms in total. The maximum absolute atomic E-state index is 13.0. The minimum Gasteiger partial charge on any atom is -0.493 e. The second kappa shape index (κ2) is 9.82. The maximum atomic E-state index is 13.0. The number of nitrogens with zero attached hydrogens (tertiary/aromatic N) is 2. The van der Waals surface area contributed by atoms with Gasteiger partial charge in [0.25, 0.3) is 5.91 Å². The van der Waals surface area contributed by atoms with E-state index in [0.717, 1.165) is 11.3 Å². The Bertz CT molecular complexity index is 947. The Balaban J connectivity index is 1.96. The smallest absolute Gasteiger partial charge is 0.266 e. The highest BCUT2D eigenvalue weighted by molar-refractivity contribution is 8.18. The predicted octanol–water partition coefficient (Wildman–Crippen LogP) is 4.61. The second-order valence-electron chi connectivity index (χ2n) is 6.03. The first kappa shape index (κ1) is 21.2. The number of carbonyl (C=O) groups excluding carboxylic acids is 1. The van der Waals surface area contributed by atoms with Crippen LogP contribution in [0.25, 0.3) is 6.08 Å². The van der Waals surface area contributed by atoms with Crippen LogP contribution in [0, 0.1) is 0 Å². The summed E-state index contributed by atoms with van der Waals surface area (Å²) in [6.45, 7) is 0.827. The van der Waals surface area contributed by atoms with Crippen LogP contribution < -0.4 is 9.47 Å². The van der Waals surface area contributed by atoms with Crippen molar-refractivity contribution in [2.75, 3.05) is 34.5 Å². The summed E-state index contributed by atoms with van der Waals surface area (Å²) in [5.74, 6) is 0.819. The molecule has 0 spiro atoms. The van der Waals surface area contributed by atoms with Crippen LogP contribution in [0.3, 0.4) is 0 Å². The zero-order valence-electron chi connectivity index (χ0n) is 16.3. The number of hydrogen-bond acceptors (Lipinski definition) is 6. The summed E-state index contributed by atoms with van der Waals surface area (Å²) in [7, 11) is 4.67. The van der Waals surface area contributed by atoms with Gasteiger partial charge in [-0.3, -0.25) is 9.69 Å². The Morgan fingerprint density at radius 2 is 1.90 bits per heavy atom. The Hall–Kier alpha value is -2.48. The molecule has 0 bridgehead atoms. The van der Waals surface area contributed by atoms with Crippen molar-refractivity contribution in [3.63, 3.8) is 0 Å². The van der Waals surface area contributed by atoms with Gasteiger partial charge in [-0.25, -0.2) is 4.99 Å². The molecular formula is C21H21ClN2O4S. The van der Waals surface area contributed by atoms with Crippen molar-refractivity contribution in [2.45, 2.75) is 0 Å². The molecule has 8 heteroatoms. The summed E-state index contributed by atoms with van der Waals surface area (Å²) >= 11 is 7.60. The van der Waals surface area contributed by atoms with Gasteiger partial charge < -0.3 is 14.2 Å². The third kappa shape index (κ3) is 4.93. The molecule has 1 aliphatic rings. The monoisotopic (exact) mass is 432 g/mol. The molecular weight excluding hydrogens is 412 g/mol. The van der Waals surface area contributed by atoms with Crippen LogP contribution in [0.5, 0.6) is 11.5 Å².